The summed E-state index contributed by atoms with van der Waals surface area (Å²) in [6, 6.07) is 43.1. The molecular weight excluding hydrogens is 623 g/mol. The Hall–Kier alpha value is -3.14. The van der Waals surface area contributed by atoms with Crippen LogP contribution in [0.2, 0.25) is 19.6 Å². The highest BCUT2D eigenvalue weighted by Crippen LogP contribution is 2.69. The third-order valence-electron chi connectivity index (χ3n) is 12.2. The van der Waals surface area contributed by atoms with Crippen LogP contribution in [0, 0.1) is 11.8 Å². The van der Waals surface area contributed by atoms with Gasteiger partial charge in [-0.05, 0) is 85.8 Å². The Labute approximate surface area is 304 Å². The van der Waals surface area contributed by atoms with Crippen molar-refractivity contribution in [1.82, 2.24) is 0 Å². The number of hydrogen-bond donors (Lipinski definition) is 0. The number of para-hydroxylation sites is 1. The summed E-state index contributed by atoms with van der Waals surface area (Å²) >= 11 is 0. The summed E-state index contributed by atoms with van der Waals surface area (Å²) in [4.78, 5) is 2.86. The summed E-state index contributed by atoms with van der Waals surface area (Å²) in [5.41, 5.74) is 9.07. The molecule has 5 unspecified atom stereocenters. The van der Waals surface area contributed by atoms with Crippen LogP contribution in [0.4, 0.5) is 5.69 Å². The van der Waals surface area contributed by atoms with Crippen molar-refractivity contribution in [3.63, 3.8) is 0 Å². The average molecular weight is 684 g/mol. The van der Waals surface area contributed by atoms with Gasteiger partial charge in [-0.3, -0.25) is 0 Å². The molecule has 3 aliphatic rings. The Morgan fingerprint density at radius 2 is 1.24 bits per heavy atom. The van der Waals surface area contributed by atoms with Crippen LogP contribution in [0.25, 0.3) is 0 Å². The Balaban J connectivity index is 1.29. The lowest BCUT2D eigenvalue weighted by molar-refractivity contribution is -0.00476. The van der Waals surface area contributed by atoms with Crippen LogP contribution in [0.1, 0.15) is 118 Å². The van der Waals surface area contributed by atoms with Gasteiger partial charge in [-0.25, -0.2) is 0 Å². The minimum absolute atomic E-state index is 0.0319. The number of anilines is 1. The van der Waals surface area contributed by atoms with E-state index in [1.165, 1.54) is 74.3 Å². The number of ether oxygens (including phenoxy) is 1. The van der Waals surface area contributed by atoms with Gasteiger partial charge in [0.25, 0.3) is 0 Å². The first-order valence-electron chi connectivity index (χ1n) is 19.8. The first kappa shape index (κ1) is 35.3. The molecule has 2 nitrogen and oxygen atoms in total. The molecule has 1 aliphatic heterocycles. The fourth-order valence-corrected chi connectivity index (χ4v) is 11.8. The monoisotopic (exact) mass is 683 g/mol. The van der Waals surface area contributed by atoms with Gasteiger partial charge in [0.15, 0.2) is 0 Å². The van der Waals surface area contributed by atoms with E-state index in [2.05, 4.69) is 155 Å². The van der Waals surface area contributed by atoms with E-state index in [1.807, 2.05) is 0 Å². The number of fused-ring (bicyclic) bond motifs is 5. The lowest BCUT2D eigenvalue weighted by Gasteiger charge is -2.48. The van der Waals surface area contributed by atoms with Crippen LogP contribution >= 0.6 is 0 Å². The third-order valence-corrected chi connectivity index (χ3v) is 13.4. The maximum Gasteiger partial charge on any atom is 0.0665 e. The van der Waals surface area contributed by atoms with Crippen molar-refractivity contribution in [2.45, 2.75) is 121 Å². The fourth-order valence-electron chi connectivity index (χ4n) is 10.4. The predicted molar refractivity (Wildman–Crippen MR) is 215 cm³/mol. The zero-order chi connectivity index (χ0) is 34.9. The maximum absolute atomic E-state index is 6.00. The molecule has 0 amide bonds. The lowest BCUT2D eigenvalue weighted by Crippen LogP contribution is -2.44. The molecule has 0 radical (unpaired) electrons. The standard InChI is InChI=1S/C47H61NOSi/c1-46(2,3)49-32-20-8-7-11-21-35-30-31-38(33-35)47(36-22-12-9-13-23-36,37-24-14-10-15-25-37)44-39-26-16-17-27-40(39)45-43(44)41-28-18-19-29-42(41)48(45)34-50(4,5)6/h9-10,12-19,22-29,35,38,43-45H,7-8,11,20-21,30-34H2,1-6H3. The molecule has 7 rings (SSSR count). The Morgan fingerprint density at radius 3 is 1.88 bits per heavy atom. The molecule has 1 fully saturated rings. The van der Waals surface area contributed by atoms with Crippen molar-refractivity contribution in [1.29, 1.82) is 0 Å². The molecule has 1 saturated carbocycles. The minimum atomic E-state index is -1.42. The van der Waals surface area contributed by atoms with Crippen LogP contribution in [-0.4, -0.2) is 26.4 Å². The first-order chi connectivity index (χ1) is 24.1. The highest BCUT2D eigenvalue weighted by atomic mass is 28.3. The van der Waals surface area contributed by atoms with Gasteiger partial charge < -0.3 is 9.64 Å². The zero-order valence-corrected chi connectivity index (χ0v) is 32.7. The van der Waals surface area contributed by atoms with Crippen molar-refractivity contribution >= 4 is 13.8 Å². The molecule has 1 heterocycles. The van der Waals surface area contributed by atoms with Gasteiger partial charge in [-0.1, -0.05) is 155 Å². The van der Waals surface area contributed by atoms with Crippen molar-refractivity contribution < 1.29 is 4.74 Å². The van der Waals surface area contributed by atoms with Gasteiger partial charge in [0.05, 0.1) is 19.7 Å². The van der Waals surface area contributed by atoms with E-state index in [0.717, 1.165) is 12.5 Å². The SMILES string of the molecule is CC(C)(C)OCCCCCCC1CCC(C(c2ccccc2)(c2ccccc2)C2c3ccccc3C3C2c2ccccc2N3C[Si](C)(C)C)C1. The Kier molecular flexibility index (Phi) is 10.2. The van der Waals surface area contributed by atoms with E-state index in [4.69, 9.17) is 4.74 Å². The molecule has 0 aromatic heterocycles. The second-order valence-electron chi connectivity index (χ2n) is 18.0. The second kappa shape index (κ2) is 14.5. The quantitative estimate of drug-likeness (QED) is 0.103. The van der Waals surface area contributed by atoms with Crippen LogP contribution < -0.4 is 4.90 Å². The third kappa shape index (κ3) is 6.90. The van der Waals surface area contributed by atoms with E-state index < -0.39 is 8.07 Å². The number of nitrogens with zero attached hydrogens (tertiary/aromatic N) is 1. The summed E-state index contributed by atoms with van der Waals surface area (Å²) in [7, 11) is -1.42. The molecule has 3 heteroatoms. The summed E-state index contributed by atoms with van der Waals surface area (Å²) in [6.07, 6.45) is 11.6. The van der Waals surface area contributed by atoms with Gasteiger partial charge in [-0.15, -0.1) is 0 Å². The second-order valence-corrected chi connectivity index (χ2v) is 23.4. The van der Waals surface area contributed by atoms with E-state index in [0.29, 0.717) is 23.8 Å². The predicted octanol–water partition coefficient (Wildman–Crippen LogP) is 12.5. The first-order valence-corrected chi connectivity index (χ1v) is 23.5. The average Bonchev–Trinajstić information content (AvgIpc) is 3.79. The molecule has 4 aromatic rings. The number of rotatable bonds is 13. The largest absolute Gasteiger partial charge is 0.376 e. The van der Waals surface area contributed by atoms with Gasteiger partial charge in [0, 0.05) is 35.7 Å². The van der Waals surface area contributed by atoms with Gasteiger partial charge in [0.1, 0.15) is 0 Å². The number of unbranched alkanes of at least 4 members (excludes halogenated alkanes) is 3. The van der Waals surface area contributed by atoms with Crippen molar-refractivity contribution in [2.75, 3.05) is 17.7 Å². The highest BCUT2D eigenvalue weighted by Gasteiger charge is 2.61. The molecule has 5 atom stereocenters. The summed E-state index contributed by atoms with van der Waals surface area (Å²) in [5.74, 6) is 2.14. The number of benzene rings is 4. The van der Waals surface area contributed by atoms with Crippen molar-refractivity contribution in [3.05, 3.63) is 137 Å². The van der Waals surface area contributed by atoms with Gasteiger partial charge in [-0.2, -0.15) is 0 Å². The van der Waals surface area contributed by atoms with Crippen LogP contribution in [0.5, 0.6) is 0 Å². The van der Waals surface area contributed by atoms with E-state index >= 15 is 0 Å². The zero-order valence-electron chi connectivity index (χ0n) is 31.7. The minimum Gasteiger partial charge on any atom is -0.376 e. The van der Waals surface area contributed by atoms with Crippen molar-refractivity contribution in [2.24, 2.45) is 11.8 Å². The lowest BCUT2D eigenvalue weighted by atomic mass is 9.54. The molecular formula is C47H61NOSi. The highest BCUT2D eigenvalue weighted by molar-refractivity contribution is 6.76. The van der Waals surface area contributed by atoms with Crippen LogP contribution in [0.15, 0.2) is 109 Å². The van der Waals surface area contributed by atoms with Crippen LogP contribution in [0.3, 0.4) is 0 Å². The Bertz CT molecular complexity index is 1660. The topological polar surface area (TPSA) is 12.5 Å². The molecule has 0 spiro atoms. The van der Waals surface area contributed by atoms with E-state index in [9.17, 15) is 0 Å². The molecule has 50 heavy (non-hydrogen) atoms. The molecule has 0 N–H and O–H groups in total. The van der Waals surface area contributed by atoms with Gasteiger partial charge >= 0.3 is 0 Å². The molecule has 4 aromatic carbocycles. The normalized spacial score (nSPS) is 23.2. The van der Waals surface area contributed by atoms with Crippen molar-refractivity contribution in [3.8, 4) is 0 Å². The molecule has 0 saturated heterocycles. The Morgan fingerprint density at radius 1 is 0.660 bits per heavy atom. The molecule has 0 bridgehead atoms. The summed E-state index contributed by atoms with van der Waals surface area (Å²) < 4.78 is 6.00. The number of hydrogen-bond acceptors (Lipinski definition) is 2. The summed E-state index contributed by atoms with van der Waals surface area (Å²) in [5, 5.41) is 0. The summed E-state index contributed by atoms with van der Waals surface area (Å²) in [6.45, 7) is 15.0. The maximum atomic E-state index is 6.00. The van der Waals surface area contributed by atoms with E-state index in [1.54, 1.807) is 16.7 Å². The molecule has 2 aliphatic carbocycles. The van der Waals surface area contributed by atoms with Crippen LogP contribution in [-0.2, 0) is 10.2 Å². The molecule has 264 valence electrons. The smallest absolute Gasteiger partial charge is 0.0665 e. The van der Waals surface area contributed by atoms with Gasteiger partial charge in [0.2, 0.25) is 0 Å². The fraction of sp³-hybridized carbons (Fsp3) is 0.489. The van der Waals surface area contributed by atoms with E-state index in [-0.39, 0.29) is 11.0 Å².